The van der Waals surface area contributed by atoms with E-state index in [1.54, 1.807) is 24.3 Å². The highest BCUT2D eigenvalue weighted by atomic mass is 79.9. The summed E-state index contributed by atoms with van der Waals surface area (Å²) in [7, 11) is 0. The molecule has 0 saturated carbocycles. The Hall–Kier alpha value is -0.770. The average molecular weight is 364 g/mol. The molecule has 0 unspecified atom stereocenters. The highest BCUT2D eigenvalue weighted by Gasteiger charge is 2.07. The van der Waals surface area contributed by atoms with E-state index in [2.05, 4.69) is 15.9 Å². The van der Waals surface area contributed by atoms with Crippen LogP contribution in [0.2, 0.25) is 10.0 Å². The van der Waals surface area contributed by atoms with E-state index in [9.17, 15) is 4.39 Å². The number of rotatable bonds is 4. The van der Waals surface area contributed by atoms with E-state index in [1.165, 1.54) is 12.1 Å². The number of hydrogen-bond acceptors (Lipinski definition) is 1. The van der Waals surface area contributed by atoms with Crippen LogP contribution in [-0.4, -0.2) is 0 Å². The van der Waals surface area contributed by atoms with Crippen molar-refractivity contribution in [2.24, 2.45) is 0 Å². The zero-order chi connectivity index (χ0) is 13.8. The van der Waals surface area contributed by atoms with Gasteiger partial charge in [0.15, 0.2) is 0 Å². The van der Waals surface area contributed by atoms with Gasteiger partial charge in [-0.3, -0.25) is 0 Å². The van der Waals surface area contributed by atoms with Gasteiger partial charge in [-0.15, -0.1) is 0 Å². The first kappa shape index (κ1) is 14.6. The van der Waals surface area contributed by atoms with Crippen LogP contribution in [-0.2, 0) is 11.9 Å². The van der Waals surface area contributed by atoms with Gasteiger partial charge in [-0.25, -0.2) is 4.39 Å². The number of halogens is 4. The highest BCUT2D eigenvalue weighted by molar-refractivity contribution is 9.08. The van der Waals surface area contributed by atoms with E-state index < -0.39 is 0 Å². The Morgan fingerprint density at radius 1 is 1.00 bits per heavy atom. The van der Waals surface area contributed by atoms with Gasteiger partial charge in [-0.1, -0.05) is 39.1 Å². The smallest absolute Gasteiger partial charge is 0.129 e. The van der Waals surface area contributed by atoms with Crippen LogP contribution in [0.5, 0.6) is 5.75 Å². The summed E-state index contributed by atoms with van der Waals surface area (Å²) in [5, 5.41) is 1.73. The van der Waals surface area contributed by atoms with Gasteiger partial charge in [0.1, 0.15) is 18.2 Å². The maximum Gasteiger partial charge on any atom is 0.129 e. The Bertz CT molecular complexity index is 590. The van der Waals surface area contributed by atoms with Crippen molar-refractivity contribution in [2.75, 3.05) is 0 Å². The minimum atomic E-state index is -0.334. The van der Waals surface area contributed by atoms with Crippen LogP contribution in [0.25, 0.3) is 0 Å². The predicted octanol–water partition coefficient (Wildman–Crippen LogP) is 5.61. The molecule has 19 heavy (non-hydrogen) atoms. The molecule has 0 bridgehead atoms. The zero-order valence-electron chi connectivity index (χ0n) is 9.80. The second-order valence-corrected chi connectivity index (χ2v) is 5.34. The maximum atomic E-state index is 13.5. The first-order chi connectivity index (χ1) is 9.10. The summed E-state index contributed by atoms with van der Waals surface area (Å²) in [6.45, 7) is 0.119. The molecule has 2 rings (SSSR count). The van der Waals surface area contributed by atoms with Crippen LogP contribution in [0.1, 0.15) is 11.1 Å². The van der Waals surface area contributed by atoms with Gasteiger partial charge < -0.3 is 4.74 Å². The first-order valence-corrected chi connectivity index (χ1v) is 7.39. The molecule has 0 fully saturated rings. The molecule has 100 valence electrons. The van der Waals surface area contributed by atoms with Crippen molar-refractivity contribution >= 4 is 39.1 Å². The Labute approximate surface area is 129 Å². The number of hydrogen-bond donors (Lipinski definition) is 0. The van der Waals surface area contributed by atoms with Crippen molar-refractivity contribution in [3.8, 4) is 5.75 Å². The molecule has 0 aliphatic rings. The molecule has 2 aromatic rings. The molecule has 0 saturated heterocycles. The first-order valence-electron chi connectivity index (χ1n) is 5.51. The summed E-state index contributed by atoms with van der Waals surface area (Å²) in [4.78, 5) is 0. The lowest BCUT2D eigenvalue weighted by molar-refractivity contribution is 0.297. The summed E-state index contributed by atoms with van der Waals surface area (Å²) in [6.07, 6.45) is 0. The summed E-state index contributed by atoms with van der Waals surface area (Å²) in [5.74, 6) is 0.333. The third-order valence-corrected chi connectivity index (χ3v) is 3.63. The molecule has 5 heteroatoms. The SMILES string of the molecule is Fc1ccc(Cl)cc1COc1ccc(Cl)cc1CBr. The molecule has 0 heterocycles. The monoisotopic (exact) mass is 362 g/mol. The van der Waals surface area contributed by atoms with Crippen LogP contribution in [0, 0.1) is 5.82 Å². The minimum Gasteiger partial charge on any atom is -0.488 e. The third kappa shape index (κ3) is 3.85. The third-order valence-electron chi connectivity index (χ3n) is 2.56. The quantitative estimate of drug-likeness (QED) is 0.642. The lowest BCUT2D eigenvalue weighted by atomic mass is 10.2. The number of alkyl halides is 1. The molecule has 0 aliphatic carbocycles. The molecular formula is C14H10BrCl2FO. The van der Waals surface area contributed by atoms with Gasteiger partial charge in [-0.05, 0) is 36.4 Å². The Morgan fingerprint density at radius 3 is 2.32 bits per heavy atom. The van der Waals surface area contributed by atoms with Gasteiger partial charge in [0.25, 0.3) is 0 Å². The highest BCUT2D eigenvalue weighted by Crippen LogP contribution is 2.26. The Balaban J connectivity index is 2.16. The van der Waals surface area contributed by atoms with Crippen LogP contribution in [0.3, 0.4) is 0 Å². The van der Waals surface area contributed by atoms with Gasteiger partial charge >= 0.3 is 0 Å². The van der Waals surface area contributed by atoms with Gasteiger partial charge in [0, 0.05) is 26.5 Å². The topological polar surface area (TPSA) is 9.23 Å². The van der Waals surface area contributed by atoms with Gasteiger partial charge in [-0.2, -0.15) is 0 Å². The Morgan fingerprint density at radius 2 is 1.63 bits per heavy atom. The number of ether oxygens (including phenoxy) is 1. The fourth-order valence-corrected chi connectivity index (χ4v) is 2.43. The van der Waals surface area contributed by atoms with Crippen molar-refractivity contribution in [3.63, 3.8) is 0 Å². The molecular weight excluding hydrogens is 354 g/mol. The molecule has 0 aliphatic heterocycles. The molecule has 0 atom stereocenters. The van der Waals surface area contributed by atoms with E-state index >= 15 is 0 Å². The van der Waals surface area contributed by atoms with E-state index in [4.69, 9.17) is 27.9 Å². The largest absolute Gasteiger partial charge is 0.488 e. The summed E-state index contributed by atoms with van der Waals surface area (Å²) in [5.41, 5.74) is 1.33. The van der Waals surface area contributed by atoms with Crippen LogP contribution >= 0.6 is 39.1 Å². The van der Waals surface area contributed by atoms with Crippen LogP contribution in [0.4, 0.5) is 4.39 Å². The maximum absolute atomic E-state index is 13.5. The lowest BCUT2D eigenvalue weighted by Gasteiger charge is -2.11. The van der Waals surface area contributed by atoms with Gasteiger partial charge in [0.2, 0.25) is 0 Å². The molecule has 1 nitrogen and oxygen atoms in total. The lowest BCUT2D eigenvalue weighted by Crippen LogP contribution is -2.00. The standard InChI is InChI=1S/C14H10BrCl2FO/c15-7-9-5-12(17)2-4-14(9)19-8-10-6-11(16)1-3-13(10)18/h1-6H,7-8H2. The van der Waals surface area contributed by atoms with Gasteiger partial charge in [0.05, 0.1) is 0 Å². The van der Waals surface area contributed by atoms with Crippen molar-refractivity contribution in [1.82, 2.24) is 0 Å². The second-order valence-electron chi connectivity index (χ2n) is 3.91. The second kappa shape index (κ2) is 6.60. The predicted molar refractivity (Wildman–Crippen MR) is 79.8 cm³/mol. The molecule has 0 spiro atoms. The summed E-state index contributed by atoms with van der Waals surface area (Å²) < 4.78 is 19.2. The summed E-state index contributed by atoms with van der Waals surface area (Å²) in [6, 6.07) is 9.69. The minimum absolute atomic E-state index is 0.119. The van der Waals surface area contributed by atoms with Crippen molar-refractivity contribution < 1.29 is 9.13 Å². The van der Waals surface area contributed by atoms with Crippen LogP contribution in [0.15, 0.2) is 36.4 Å². The Kier molecular flexibility index (Phi) is 5.08. The van der Waals surface area contributed by atoms with E-state index in [1.807, 2.05) is 0 Å². The van der Waals surface area contributed by atoms with Crippen molar-refractivity contribution in [2.45, 2.75) is 11.9 Å². The molecule has 0 aromatic heterocycles. The molecule has 0 N–H and O–H groups in total. The fraction of sp³-hybridized carbons (Fsp3) is 0.143. The molecule has 0 amide bonds. The van der Waals surface area contributed by atoms with Crippen molar-refractivity contribution in [1.29, 1.82) is 0 Å². The van der Waals surface area contributed by atoms with E-state index in [-0.39, 0.29) is 12.4 Å². The molecule has 0 radical (unpaired) electrons. The van der Waals surface area contributed by atoms with E-state index in [0.29, 0.717) is 26.7 Å². The summed E-state index contributed by atoms with van der Waals surface area (Å²) >= 11 is 15.1. The number of benzene rings is 2. The van der Waals surface area contributed by atoms with Crippen LogP contribution < -0.4 is 4.74 Å². The molecule has 2 aromatic carbocycles. The zero-order valence-corrected chi connectivity index (χ0v) is 12.9. The van der Waals surface area contributed by atoms with E-state index in [0.717, 1.165) is 5.56 Å². The average Bonchev–Trinajstić information content (AvgIpc) is 2.40. The van der Waals surface area contributed by atoms with Crippen molar-refractivity contribution in [3.05, 3.63) is 63.4 Å². The normalized spacial score (nSPS) is 10.5. The fourth-order valence-electron chi connectivity index (χ4n) is 1.60.